The molecule has 31 heavy (non-hydrogen) atoms. The molecule has 1 N–H and O–H groups in total. The van der Waals surface area contributed by atoms with Gasteiger partial charge in [0, 0.05) is 5.41 Å². The molecule has 2 aromatic carbocycles. The Hall–Kier alpha value is -1.96. The van der Waals surface area contributed by atoms with E-state index in [0.717, 1.165) is 24.2 Å². The molecule has 0 saturated heterocycles. The SMILES string of the molecule is CCC(C)C([C](CC(C)C)C(C)C)(c1ccc(OC)cc1-c1ccc(O)cc1)C(C)C. The van der Waals surface area contributed by atoms with Gasteiger partial charge >= 0.3 is 0 Å². The molecule has 0 bridgehead atoms. The van der Waals surface area contributed by atoms with Gasteiger partial charge in [0.25, 0.3) is 0 Å². The zero-order valence-corrected chi connectivity index (χ0v) is 21.1. The van der Waals surface area contributed by atoms with Gasteiger partial charge in [-0.15, -0.1) is 0 Å². The quantitative estimate of drug-likeness (QED) is 0.416. The highest BCUT2D eigenvalue weighted by Crippen LogP contribution is 2.55. The van der Waals surface area contributed by atoms with Crippen LogP contribution in [0.2, 0.25) is 0 Å². The highest BCUT2D eigenvalue weighted by Gasteiger charge is 2.49. The smallest absolute Gasteiger partial charge is 0.119 e. The minimum absolute atomic E-state index is 0.0489. The second kappa shape index (κ2) is 10.6. The molecule has 2 heteroatoms. The predicted octanol–water partition coefficient (Wildman–Crippen LogP) is 8.28. The Kier molecular flexibility index (Phi) is 8.63. The van der Waals surface area contributed by atoms with Crippen LogP contribution in [0.1, 0.15) is 73.8 Å². The largest absolute Gasteiger partial charge is 0.508 e. The van der Waals surface area contributed by atoms with Crippen LogP contribution >= 0.6 is 0 Å². The van der Waals surface area contributed by atoms with Gasteiger partial charge in [-0.3, -0.25) is 0 Å². The number of rotatable bonds is 10. The molecule has 0 aliphatic rings. The Bertz CT molecular complexity index is 819. The lowest BCUT2D eigenvalue weighted by Crippen LogP contribution is -2.47. The molecule has 171 valence electrons. The Balaban J connectivity index is 2.92. The number of hydrogen-bond acceptors (Lipinski definition) is 2. The van der Waals surface area contributed by atoms with Gasteiger partial charge in [-0.05, 0) is 77.0 Å². The molecular formula is C29H43O2. The third-order valence-electron chi connectivity index (χ3n) is 7.01. The van der Waals surface area contributed by atoms with Crippen LogP contribution in [0.25, 0.3) is 11.1 Å². The Morgan fingerprint density at radius 3 is 2.00 bits per heavy atom. The molecule has 2 unspecified atom stereocenters. The second-order valence-corrected chi connectivity index (χ2v) is 10.1. The first-order valence-corrected chi connectivity index (χ1v) is 11.9. The van der Waals surface area contributed by atoms with E-state index in [1.54, 1.807) is 25.2 Å². The zero-order chi connectivity index (χ0) is 23.3. The summed E-state index contributed by atoms with van der Waals surface area (Å²) in [5.41, 5.74) is 3.66. The maximum Gasteiger partial charge on any atom is 0.119 e. The lowest BCUT2D eigenvalue weighted by Gasteiger charge is -2.52. The fraction of sp³-hybridized carbons (Fsp3) is 0.552. The van der Waals surface area contributed by atoms with Crippen molar-refractivity contribution in [3.05, 3.63) is 53.9 Å². The molecule has 0 aliphatic carbocycles. The highest BCUT2D eigenvalue weighted by atomic mass is 16.5. The summed E-state index contributed by atoms with van der Waals surface area (Å²) >= 11 is 0. The van der Waals surface area contributed by atoms with E-state index in [4.69, 9.17) is 4.74 Å². The number of ether oxygens (including phenoxy) is 1. The van der Waals surface area contributed by atoms with Gasteiger partial charge in [0.05, 0.1) is 7.11 Å². The third kappa shape index (κ3) is 5.10. The normalized spacial score (nSPS) is 15.0. The van der Waals surface area contributed by atoms with E-state index in [1.165, 1.54) is 11.1 Å². The molecule has 2 aromatic rings. The summed E-state index contributed by atoms with van der Waals surface area (Å²) in [6.45, 7) is 18.9. The van der Waals surface area contributed by atoms with Crippen molar-refractivity contribution in [3.63, 3.8) is 0 Å². The van der Waals surface area contributed by atoms with Crippen molar-refractivity contribution in [1.82, 2.24) is 0 Å². The van der Waals surface area contributed by atoms with Crippen LogP contribution in [-0.2, 0) is 5.41 Å². The average molecular weight is 424 g/mol. The first kappa shape index (κ1) is 25.3. The van der Waals surface area contributed by atoms with Crippen LogP contribution in [0.4, 0.5) is 0 Å². The van der Waals surface area contributed by atoms with E-state index in [2.05, 4.69) is 73.6 Å². The van der Waals surface area contributed by atoms with Crippen LogP contribution in [0.5, 0.6) is 11.5 Å². The first-order valence-electron chi connectivity index (χ1n) is 11.9. The van der Waals surface area contributed by atoms with Crippen LogP contribution < -0.4 is 4.74 Å². The number of aromatic hydroxyl groups is 1. The molecule has 0 aromatic heterocycles. The summed E-state index contributed by atoms with van der Waals surface area (Å²) in [5, 5.41) is 9.88. The average Bonchev–Trinajstić information content (AvgIpc) is 2.73. The summed E-state index contributed by atoms with van der Waals surface area (Å²) in [6, 6.07) is 14.2. The monoisotopic (exact) mass is 423 g/mol. The minimum atomic E-state index is -0.0489. The van der Waals surface area contributed by atoms with E-state index >= 15 is 0 Å². The van der Waals surface area contributed by atoms with Gasteiger partial charge in [0.1, 0.15) is 11.5 Å². The summed E-state index contributed by atoms with van der Waals surface area (Å²) in [4.78, 5) is 0. The standard InChI is InChI=1S/C29H43O2/c1-10-22(8)29(21(6)7,28(20(4)5)17-19(2)3)27-16-15-25(31-9)18-26(27)23-11-13-24(30)14-12-23/h11-16,18-22,30H,10,17H2,1-9H3. The van der Waals surface area contributed by atoms with Crippen molar-refractivity contribution in [2.45, 2.75) is 73.6 Å². The Labute approximate surface area is 191 Å². The maximum atomic E-state index is 9.88. The molecule has 0 aliphatic heterocycles. The van der Waals surface area contributed by atoms with Crippen LogP contribution in [0.15, 0.2) is 42.5 Å². The van der Waals surface area contributed by atoms with Gasteiger partial charge < -0.3 is 9.84 Å². The Morgan fingerprint density at radius 1 is 0.935 bits per heavy atom. The number of phenolic OH excluding ortho intramolecular Hbond substituents is 1. The van der Waals surface area contributed by atoms with Gasteiger partial charge in [0.2, 0.25) is 0 Å². The second-order valence-electron chi connectivity index (χ2n) is 10.1. The van der Waals surface area contributed by atoms with Crippen LogP contribution in [0, 0.1) is 29.6 Å². The molecule has 1 radical (unpaired) electrons. The van der Waals surface area contributed by atoms with E-state index in [-0.39, 0.29) is 5.41 Å². The van der Waals surface area contributed by atoms with Crippen molar-refractivity contribution in [1.29, 1.82) is 0 Å². The molecule has 0 saturated carbocycles. The third-order valence-corrected chi connectivity index (χ3v) is 7.01. The molecule has 2 atom stereocenters. The lowest BCUT2D eigenvalue weighted by atomic mass is 9.52. The fourth-order valence-electron chi connectivity index (χ4n) is 5.54. The van der Waals surface area contributed by atoms with Crippen LogP contribution in [-0.4, -0.2) is 12.2 Å². The van der Waals surface area contributed by atoms with E-state index in [1.807, 2.05) is 12.1 Å². The highest BCUT2D eigenvalue weighted by molar-refractivity contribution is 5.72. The Morgan fingerprint density at radius 2 is 1.55 bits per heavy atom. The molecule has 2 rings (SSSR count). The summed E-state index contributed by atoms with van der Waals surface area (Å²) < 4.78 is 5.63. The fourth-order valence-corrected chi connectivity index (χ4v) is 5.54. The van der Waals surface area contributed by atoms with Crippen molar-refractivity contribution >= 4 is 0 Å². The molecule has 0 fully saturated rings. The minimum Gasteiger partial charge on any atom is -0.508 e. The van der Waals surface area contributed by atoms with Gasteiger partial charge in [-0.25, -0.2) is 0 Å². The number of phenols is 1. The molecule has 2 nitrogen and oxygen atoms in total. The number of hydrogen-bond donors (Lipinski definition) is 1. The predicted molar refractivity (Wildman–Crippen MR) is 134 cm³/mol. The van der Waals surface area contributed by atoms with Gasteiger partial charge in [-0.2, -0.15) is 0 Å². The number of benzene rings is 2. The summed E-state index contributed by atoms with van der Waals surface area (Å²) in [6.07, 6.45) is 2.24. The summed E-state index contributed by atoms with van der Waals surface area (Å²) in [5.74, 6) is 4.85. The van der Waals surface area contributed by atoms with E-state index in [0.29, 0.717) is 29.4 Å². The van der Waals surface area contributed by atoms with E-state index < -0.39 is 0 Å². The van der Waals surface area contributed by atoms with Gasteiger partial charge in [-0.1, -0.05) is 80.0 Å². The molecular weight excluding hydrogens is 380 g/mol. The van der Waals surface area contributed by atoms with Crippen LogP contribution in [0.3, 0.4) is 0 Å². The van der Waals surface area contributed by atoms with Crippen molar-refractivity contribution < 1.29 is 9.84 Å². The maximum absolute atomic E-state index is 9.88. The lowest BCUT2D eigenvalue weighted by molar-refractivity contribution is 0.175. The van der Waals surface area contributed by atoms with Gasteiger partial charge in [0.15, 0.2) is 0 Å². The molecule has 0 amide bonds. The first-order chi connectivity index (χ1) is 14.6. The topological polar surface area (TPSA) is 29.5 Å². The van der Waals surface area contributed by atoms with Crippen molar-refractivity contribution in [2.75, 3.05) is 7.11 Å². The zero-order valence-electron chi connectivity index (χ0n) is 21.1. The summed E-state index contributed by atoms with van der Waals surface area (Å²) in [7, 11) is 1.73. The number of methoxy groups -OCH3 is 1. The molecule has 0 spiro atoms. The van der Waals surface area contributed by atoms with E-state index in [9.17, 15) is 5.11 Å². The molecule has 0 heterocycles. The van der Waals surface area contributed by atoms with Crippen molar-refractivity contribution in [3.8, 4) is 22.6 Å². The van der Waals surface area contributed by atoms with Crippen molar-refractivity contribution in [2.24, 2.45) is 23.7 Å².